The van der Waals surface area contributed by atoms with E-state index in [0.717, 1.165) is 5.69 Å². The van der Waals surface area contributed by atoms with Crippen LogP contribution >= 0.6 is 0 Å². The number of anilines is 3. The predicted molar refractivity (Wildman–Crippen MR) is 100 cm³/mol. The molecule has 2 heterocycles. The van der Waals surface area contributed by atoms with Gasteiger partial charge in [0.05, 0.1) is 23.7 Å². The normalized spacial score (nSPS) is 20.1. The van der Waals surface area contributed by atoms with Crippen LogP contribution in [0.5, 0.6) is 5.75 Å². The maximum Gasteiger partial charge on any atom is 0.337 e. The zero-order valence-electron chi connectivity index (χ0n) is 14.5. The number of amides is 3. The van der Waals surface area contributed by atoms with Gasteiger partial charge in [-0.2, -0.15) is 0 Å². The van der Waals surface area contributed by atoms with Gasteiger partial charge in [0.2, 0.25) is 0 Å². The van der Waals surface area contributed by atoms with Crippen LogP contribution in [0.15, 0.2) is 53.5 Å². The number of hydrogen-bond acceptors (Lipinski definition) is 4. The third-order valence-electron chi connectivity index (χ3n) is 4.44. The second-order valence-electron chi connectivity index (χ2n) is 5.91. The van der Waals surface area contributed by atoms with Gasteiger partial charge < -0.3 is 10.1 Å². The number of urea groups is 1. The second kappa shape index (κ2) is 6.18. The molecule has 7 heteroatoms. The molecule has 1 N–H and O–H groups in total. The molecule has 1 atom stereocenters. The molecule has 2 aromatic carbocycles. The van der Waals surface area contributed by atoms with E-state index in [2.05, 4.69) is 10.3 Å². The van der Waals surface area contributed by atoms with Crippen LogP contribution in [0.3, 0.4) is 0 Å². The number of carbonyl (C=O) groups excluding carboxylic acids is 2. The molecule has 0 aliphatic carbocycles. The zero-order chi connectivity index (χ0) is 18.3. The van der Waals surface area contributed by atoms with Crippen LogP contribution < -0.4 is 19.9 Å². The lowest BCUT2D eigenvalue weighted by Crippen LogP contribution is -2.48. The van der Waals surface area contributed by atoms with Gasteiger partial charge >= 0.3 is 6.03 Å². The minimum absolute atomic E-state index is 0.332. The van der Waals surface area contributed by atoms with E-state index in [9.17, 15) is 9.59 Å². The van der Waals surface area contributed by atoms with Gasteiger partial charge in [0.25, 0.3) is 5.91 Å². The molecule has 2 aliphatic heterocycles. The Bertz CT molecular complexity index is 907. The lowest BCUT2D eigenvalue weighted by Gasteiger charge is -2.31. The molecule has 7 nitrogen and oxygen atoms in total. The third-order valence-corrected chi connectivity index (χ3v) is 4.44. The molecule has 2 aliphatic rings. The fourth-order valence-electron chi connectivity index (χ4n) is 3.30. The molecule has 1 fully saturated rings. The highest BCUT2D eigenvalue weighted by molar-refractivity contribution is 6.38. The standard InChI is InChI=1S/C19H18N4O3/c1-3-26-13-10-8-12(9-11-13)22-18(24)16-17(20-2)21-14-6-4-5-7-15(14)23(16)19(22)25/h4-11,16H,3H2,1-2H3,(H,20,21). The monoisotopic (exact) mass is 350 g/mol. The number of imide groups is 1. The summed E-state index contributed by atoms with van der Waals surface area (Å²) in [6, 6.07) is 13.1. The Morgan fingerprint density at radius 3 is 2.54 bits per heavy atom. The molecule has 1 unspecified atom stereocenters. The third kappa shape index (κ3) is 2.32. The first kappa shape index (κ1) is 16.1. The van der Waals surface area contributed by atoms with Crippen molar-refractivity contribution in [3.05, 3.63) is 48.5 Å². The van der Waals surface area contributed by atoms with Gasteiger partial charge in [-0.15, -0.1) is 0 Å². The molecule has 132 valence electrons. The van der Waals surface area contributed by atoms with Crippen molar-refractivity contribution in [2.45, 2.75) is 13.0 Å². The minimum Gasteiger partial charge on any atom is -0.494 e. The molecule has 3 amide bonds. The SMILES string of the molecule is CCOc1ccc(N2C(=O)C3C(=NC)Nc4ccccc4N3C2=O)cc1. The molecule has 0 spiro atoms. The summed E-state index contributed by atoms with van der Waals surface area (Å²) in [6.07, 6.45) is 0. The van der Waals surface area contributed by atoms with E-state index in [1.54, 1.807) is 31.3 Å². The van der Waals surface area contributed by atoms with Gasteiger partial charge in [0.1, 0.15) is 11.6 Å². The van der Waals surface area contributed by atoms with Crippen molar-refractivity contribution in [2.75, 3.05) is 28.8 Å². The molecular weight excluding hydrogens is 332 g/mol. The molecule has 4 rings (SSSR count). The smallest absolute Gasteiger partial charge is 0.337 e. The first-order chi connectivity index (χ1) is 12.7. The lowest BCUT2D eigenvalue weighted by molar-refractivity contribution is -0.116. The van der Waals surface area contributed by atoms with E-state index in [4.69, 9.17) is 4.74 Å². The van der Waals surface area contributed by atoms with Gasteiger partial charge in [-0.1, -0.05) is 12.1 Å². The fourth-order valence-corrected chi connectivity index (χ4v) is 3.30. The lowest BCUT2D eigenvalue weighted by atomic mass is 10.1. The maximum atomic E-state index is 13.1. The maximum absolute atomic E-state index is 13.1. The average Bonchev–Trinajstić information content (AvgIpc) is 2.93. The van der Waals surface area contributed by atoms with Crippen molar-refractivity contribution >= 4 is 34.8 Å². The number of benzene rings is 2. The first-order valence-electron chi connectivity index (χ1n) is 8.38. The van der Waals surface area contributed by atoms with Crippen LogP contribution in [0.2, 0.25) is 0 Å². The summed E-state index contributed by atoms with van der Waals surface area (Å²) < 4.78 is 5.42. The number of carbonyl (C=O) groups is 2. The molecule has 0 saturated carbocycles. The minimum atomic E-state index is -0.783. The number of ether oxygens (including phenoxy) is 1. The highest BCUT2D eigenvalue weighted by atomic mass is 16.5. The number of hydrogen-bond donors (Lipinski definition) is 1. The Morgan fingerprint density at radius 2 is 1.85 bits per heavy atom. The summed E-state index contributed by atoms with van der Waals surface area (Å²) in [7, 11) is 1.60. The van der Waals surface area contributed by atoms with Crippen molar-refractivity contribution in [3.63, 3.8) is 0 Å². The second-order valence-corrected chi connectivity index (χ2v) is 5.91. The number of aliphatic imine (C=N–C) groups is 1. The van der Waals surface area contributed by atoms with Crippen LogP contribution in [0, 0.1) is 0 Å². The fraction of sp³-hybridized carbons (Fsp3) is 0.211. The number of para-hydroxylation sites is 2. The molecular formula is C19H18N4O3. The van der Waals surface area contributed by atoms with E-state index >= 15 is 0 Å². The number of nitrogens with zero attached hydrogens (tertiary/aromatic N) is 3. The van der Waals surface area contributed by atoms with Crippen LogP contribution in [-0.4, -0.2) is 37.5 Å². The summed E-state index contributed by atoms with van der Waals surface area (Å²) in [4.78, 5) is 33.0. The van der Waals surface area contributed by atoms with Crippen molar-refractivity contribution in [2.24, 2.45) is 4.99 Å². The van der Waals surface area contributed by atoms with Crippen molar-refractivity contribution in [1.29, 1.82) is 0 Å². The Labute approximate surface area is 150 Å². The van der Waals surface area contributed by atoms with E-state index in [0.29, 0.717) is 29.6 Å². The van der Waals surface area contributed by atoms with Gasteiger partial charge in [-0.05, 0) is 43.3 Å². The quantitative estimate of drug-likeness (QED) is 0.864. The van der Waals surface area contributed by atoms with Crippen LogP contribution in [0.1, 0.15) is 6.92 Å². The Morgan fingerprint density at radius 1 is 1.12 bits per heavy atom. The van der Waals surface area contributed by atoms with Crippen LogP contribution in [0.4, 0.5) is 21.9 Å². The van der Waals surface area contributed by atoms with Crippen molar-refractivity contribution in [3.8, 4) is 5.75 Å². The molecule has 26 heavy (non-hydrogen) atoms. The number of nitrogens with one attached hydrogen (secondary N) is 1. The first-order valence-corrected chi connectivity index (χ1v) is 8.38. The highest BCUT2D eigenvalue weighted by Crippen LogP contribution is 2.38. The van der Waals surface area contributed by atoms with Gasteiger partial charge in [0.15, 0.2) is 6.04 Å². The average molecular weight is 350 g/mol. The van der Waals surface area contributed by atoms with E-state index in [-0.39, 0.29) is 11.9 Å². The van der Waals surface area contributed by atoms with Crippen LogP contribution in [0.25, 0.3) is 0 Å². The predicted octanol–water partition coefficient (Wildman–Crippen LogP) is 2.88. The summed E-state index contributed by atoms with van der Waals surface area (Å²) in [6.45, 7) is 2.45. The van der Waals surface area contributed by atoms with Gasteiger partial charge in [-0.25, -0.2) is 9.69 Å². The molecule has 0 bridgehead atoms. The summed E-state index contributed by atoms with van der Waals surface area (Å²) in [5.74, 6) is 0.813. The van der Waals surface area contributed by atoms with Crippen molar-refractivity contribution < 1.29 is 14.3 Å². The largest absolute Gasteiger partial charge is 0.494 e. The summed E-state index contributed by atoms with van der Waals surface area (Å²) in [5, 5.41) is 3.16. The van der Waals surface area contributed by atoms with Gasteiger partial charge in [0, 0.05) is 7.05 Å². The summed E-state index contributed by atoms with van der Waals surface area (Å²) in [5.41, 5.74) is 1.92. The number of fused-ring (bicyclic) bond motifs is 3. The highest BCUT2D eigenvalue weighted by Gasteiger charge is 2.51. The van der Waals surface area contributed by atoms with Crippen LogP contribution in [-0.2, 0) is 4.79 Å². The number of amidine groups is 1. The van der Waals surface area contributed by atoms with Crippen molar-refractivity contribution in [1.82, 2.24) is 0 Å². The van der Waals surface area contributed by atoms with E-state index < -0.39 is 6.04 Å². The topological polar surface area (TPSA) is 74.2 Å². The number of rotatable bonds is 3. The Kier molecular flexibility index (Phi) is 3.84. The van der Waals surface area contributed by atoms with Gasteiger partial charge in [-0.3, -0.25) is 14.7 Å². The molecule has 2 aromatic rings. The Balaban J connectivity index is 1.77. The zero-order valence-corrected chi connectivity index (χ0v) is 14.5. The molecule has 0 radical (unpaired) electrons. The van der Waals surface area contributed by atoms with E-state index in [1.165, 1.54) is 9.80 Å². The Hall–Kier alpha value is -3.35. The van der Waals surface area contributed by atoms with E-state index in [1.807, 2.05) is 31.2 Å². The molecule has 1 saturated heterocycles. The molecule has 0 aromatic heterocycles. The summed E-state index contributed by atoms with van der Waals surface area (Å²) >= 11 is 0.